The number of rotatable bonds is 3. The van der Waals surface area contributed by atoms with Gasteiger partial charge < -0.3 is 10.1 Å². The van der Waals surface area contributed by atoms with Crippen molar-refractivity contribution in [1.29, 1.82) is 5.26 Å². The smallest absolute Gasteiger partial charge is 0.107 e. The largest absolute Gasteiger partial charge is 0.393 e. The number of imidazole rings is 1. The van der Waals surface area contributed by atoms with Crippen molar-refractivity contribution >= 4 is 11.0 Å². The Bertz CT molecular complexity index is 537. The number of aryl methyl sites for hydroxylation is 1. The molecule has 4 heteroatoms. The summed E-state index contributed by atoms with van der Waals surface area (Å²) in [6.45, 7) is 1.76. The fourth-order valence-electron chi connectivity index (χ4n) is 1.60. The molecule has 0 fully saturated rings. The summed E-state index contributed by atoms with van der Waals surface area (Å²) in [5.74, 6) is 0.853. The summed E-state index contributed by atoms with van der Waals surface area (Å²) >= 11 is 0. The molecular formula is C12H13N3O. The lowest BCUT2D eigenvalue weighted by molar-refractivity contribution is 0.184. The molecule has 1 atom stereocenters. The molecule has 0 radical (unpaired) electrons. The van der Waals surface area contributed by atoms with Crippen LogP contribution in [0.25, 0.3) is 11.0 Å². The van der Waals surface area contributed by atoms with Crippen molar-refractivity contribution < 1.29 is 5.11 Å². The van der Waals surface area contributed by atoms with Crippen LogP contribution in [0.5, 0.6) is 0 Å². The summed E-state index contributed by atoms with van der Waals surface area (Å²) in [6.07, 6.45) is 1.09. The molecular weight excluding hydrogens is 202 g/mol. The number of hydrogen-bond donors (Lipinski definition) is 2. The zero-order valence-electron chi connectivity index (χ0n) is 9.07. The average molecular weight is 215 g/mol. The first kappa shape index (κ1) is 10.7. The van der Waals surface area contributed by atoms with Crippen LogP contribution in [0.15, 0.2) is 18.2 Å². The highest BCUT2D eigenvalue weighted by Gasteiger charge is 2.05. The predicted molar refractivity (Wildman–Crippen MR) is 60.8 cm³/mol. The van der Waals surface area contributed by atoms with Gasteiger partial charge in [0.1, 0.15) is 5.82 Å². The third kappa shape index (κ3) is 2.20. The fourth-order valence-corrected chi connectivity index (χ4v) is 1.60. The van der Waals surface area contributed by atoms with E-state index in [2.05, 4.69) is 16.0 Å². The number of aliphatic hydroxyl groups is 1. The maximum Gasteiger partial charge on any atom is 0.107 e. The van der Waals surface area contributed by atoms with Crippen molar-refractivity contribution in [2.75, 3.05) is 0 Å². The van der Waals surface area contributed by atoms with Crippen LogP contribution in [-0.2, 0) is 6.42 Å². The van der Waals surface area contributed by atoms with Crippen LogP contribution >= 0.6 is 0 Å². The topological polar surface area (TPSA) is 72.7 Å². The normalized spacial score (nSPS) is 12.6. The van der Waals surface area contributed by atoms with Crippen LogP contribution in [-0.4, -0.2) is 21.2 Å². The van der Waals surface area contributed by atoms with Gasteiger partial charge in [-0.25, -0.2) is 4.98 Å². The Hall–Kier alpha value is -1.86. The molecule has 0 saturated carbocycles. The van der Waals surface area contributed by atoms with E-state index in [9.17, 15) is 5.11 Å². The summed E-state index contributed by atoms with van der Waals surface area (Å²) in [5, 5.41) is 17.9. The molecule has 0 amide bonds. The van der Waals surface area contributed by atoms with Crippen molar-refractivity contribution in [3.8, 4) is 6.07 Å². The van der Waals surface area contributed by atoms with Gasteiger partial charge in [-0.2, -0.15) is 5.26 Å². The van der Waals surface area contributed by atoms with E-state index in [1.165, 1.54) is 0 Å². The van der Waals surface area contributed by atoms with Crippen LogP contribution < -0.4 is 0 Å². The molecule has 0 aliphatic carbocycles. The summed E-state index contributed by atoms with van der Waals surface area (Å²) in [4.78, 5) is 7.54. The number of benzene rings is 1. The second-order valence-corrected chi connectivity index (χ2v) is 3.91. The second-order valence-electron chi connectivity index (χ2n) is 3.91. The molecule has 1 unspecified atom stereocenters. The first-order valence-electron chi connectivity index (χ1n) is 5.26. The molecule has 1 aromatic heterocycles. The van der Waals surface area contributed by atoms with Crippen molar-refractivity contribution in [2.45, 2.75) is 25.9 Å². The van der Waals surface area contributed by atoms with Gasteiger partial charge >= 0.3 is 0 Å². The van der Waals surface area contributed by atoms with Crippen LogP contribution in [0.2, 0.25) is 0 Å². The van der Waals surface area contributed by atoms with Crippen LogP contribution in [0.4, 0.5) is 0 Å². The first-order chi connectivity index (χ1) is 7.69. The Balaban J connectivity index is 2.26. The quantitative estimate of drug-likeness (QED) is 0.819. The summed E-state index contributed by atoms with van der Waals surface area (Å²) in [5.41, 5.74) is 2.36. The Kier molecular flexibility index (Phi) is 2.88. The fraction of sp³-hybridized carbons (Fsp3) is 0.333. The average Bonchev–Trinajstić information content (AvgIpc) is 2.67. The van der Waals surface area contributed by atoms with Crippen LogP contribution in [0.1, 0.15) is 24.7 Å². The molecule has 2 rings (SSSR count). The number of H-pyrrole nitrogens is 1. The number of nitrogens with zero attached hydrogens (tertiary/aromatic N) is 2. The van der Waals surface area contributed by atoms with Gasteiger partial charge in [-0.05, 0) is 31.5 Å². The van der Waals surface area contributed by atoms with E-state index in [1.54, 1.807) is 19.1 Å². The molecule has 1 heterocycles. The van der Waals surface area contributed by atoms with Crippen LogP contribution in [0, 0.1) is 11.3 Å². The standard InChI is InChI=1S/C12H13N3O/c1-8(16)2-5-12-14-10-4-3-9(7-13)6-11(10)15-12/h3-4,6,8,16H,2,5H2,1H3,(H,14,15). The second kappa shape index (κ2) is 4.33. The van der Waals surface area contributed by atoms with Crippen molar-refractivity contribution in [2.24, 2.45) is 0 Å². The number of nitriles is 1. The SMILES string of the molecule is CC(O)CCc1nc2ccc(C#N)cc2[nH]1. The third-order valence-corrected chi connectivity index (χ3v) is 2.46. The van der Waals surface area contributed by atoms with Gasteiger partial charge in [0.05, 0.1) is 28.8 Å². The summed E-state index contributed by atoms with van der Waals surface area (Å²) in [7, 11) is 0. The molecule has 2 aromatic rings. The Morgan fingerprint density at radius 1 is 1.56 bits per heavy atom. The molecule has 82 valence electrons. The minimum Gasteiger partial charge on any atom is -0.393 e. The van der Waals surface area contributed by atoms with Crippen molar-refractivity contribution in [3.05, 3.63) is 29.6 Å². The molecule has 0 aliphatic heterocycles. The minimum atomic E-state index is -0.317. The lowest BCUT2D eigenvalue weighted by Crippen LogP contribution is -2.02. The molecule has 2 N–H and O–H groups in total. The lowest BCUT2D eigenvalue weighted by Gasteiger charge is -1.99. The molecule has 16 heavy (non-hydrogen) atoms. The third-order valence-electron chi connectivity index (χ3n) is 2.46. The van der Waals surface area contributed by atoms with Crippen molar-refractivity contribution in [3.63, 3.8) is 0 Å². The molecule has 0 aliphatic rings. The highest BCUT2D eigenvalue weighted by atomic mass is 16.3. The molecule has 4 nitrogen and oxygen atoms in total. The number of fused-ring (bicyclic) bond motifs is 1. The Morgan fingerprint density at radius 3 is 3.06 bits per heavy atom. The first-order valence-corrected chi connectivity index (χ1v) is 5.26. The van der Waals surface area contributed by atoms with E-state index in [0.717, 1.165) is 16.9 Å². The van der Waals surface area contributed by atoms with E-state index < -0.39 is 0 Å². The minimum absolute atomic E-state index is 0.317. The number of aromatic amines is 1. The molecule has 0 saturated heterocycles. The Morgan fingerprint density at radius 2 is 2.38 bits per heavy atom. The zero-order chi connectivity index (χ0) is 11.5. The molecule has 0 spiro atoms. The number of hydrogen-bond acceptors (Lipinski definition) is 3. The number of aliphatic hydroxyl groups excluding tert-OH is 1. The van der Waals surface area contributed by atoms with Gasteiger partial charge in [0.25, 0.3) is 0 Å². The summed E-state index contributed by atoms with van der Waals surface area (Å²) in [6, 6.07) is 7.46. The Labute approximate surface area is 93.6 Å². The van der Waals surface area contributed by atoms with E-state index in [1.807, 2.05) is 6.07 Å². The van der Waals surface area contributed by atoms with Gasteiger partial charge in [-0.3, -0.25) is 0 Å². The number of nitrogens with one attached hydrogen (secondary N) is 1. The van der Waals surface area contributed by atoms with Gasteiger partial charge in [-0.1, -0.05) is 0 Å². The monoisotopic (exact) mass is 215 g/mol. The highest BCUT2D eigenvalue weighted by Crippen LogP contribution is 2.14. The van der Waals surface area contributed by atoms with E-state index in [0.29, 0.717) is 18.4 Å². The number of aromatic nitrogens is 2. The van der Waals surface area contributed by atoms with E-state index in [4.69, 9.17) is 5.26 Å². The lowest BCUT2D eigenvalue weighted by atomic mass is 10.2. The van der Waals surface area contributed by atoms with Gasteiger partial charge in [0.15, 0.2) is 0 Å². The molecule has 1 aromatic carbocycles. The maximum atomic E-state index is 9.19. The van der Waals surface area contributed by atoms with Crippen LogP contribution in [0.3, 0.4) is 0 Å². The van der Waals surface area contributed by atoms with E-state index >= 15 is 0 Å². The van der Waals surface area contributed by atoms with Gasteiger partial charge in [0, 0.05) is 6.42 Å². The highest BCUT2D eigenvalue weighted by molar-refractivity contribution is 5.76. The van der Waals surface area contributed by atoms with Gasteiger partial charge in [-0.15, -0.1) is 0 Å². The van der Waals surface area contributed by atoms with Gasteiger partial charge in [0.2, 0.25) is 0 Å². The van der Waals surface area contributed by atoms with Crippen molar-refractivity contribution in [1.82, 2.24) is 9.97 Å². The predicted octanol–water partition coefficient (Wildman–Crippen LogP) is 1.75. The summed E-state index contributed by atoms with van der Waals surface area (Å²) < 4.78 is 0. The maximum absolute atomic E-state index is 9.19. The van der Waals surface area contributed by atoms with E-state index in [-0.39, 0.29) is 6.10 Å². The zero-order valence-corrected chi connectivity index (χ0v) is 9.07. The molecule has 0 bridgehead atoms.